The molecule has 0 heterocycles. The highest BCUT2D eigenvalue weighted by Gasteiger charge is 2.12. The summed E-state index contributed by atoms with van der Waals surface area (Å²) in [5, 5.41) is 1.77. The van der Waals surface area contributed by atoms with E-state index < -0.39 is 11.6 Å². The normalized spacial score (nSPS) is 10.7. The van der Waals surface area contributed by atoms with E-state index in [1.54, 1.807) is 6.07 Å². The predicted octanol–water partition coefficient (Wildman–Crippen LogP) is 7.62. The summed E-state index contributed by atoms with van der Waals surface area (Å²) in [6, 6.07) is 20.5. The van der Waals surface area contributed by atoms with Crippen LogP contribution >= 0.6 is 0 Å². The van der Waals surface area contributed by atoms with Crippen LogP contribution in [0.5, 0.6) is 5.75 Å². The fraction of sp³-hybridized carbons (Fsp3) is 0.200. The van der Waals surface area contributed by atoms with Crippen LogP contribution in [0, 0.1) is 29.3 Å². The molecular weight excluding hydrogens is 433 g/mol. The lowest BCUT2D eigenvalue weighted by atomic mass is 10.0. The van der Waals surface area contributed by atoms with Gasteiger partial charge in [0.2, 0.25) is 0 Å². The fourth-order valence-electron chi connectivity index (χ4n) is 3.70. The zero-order valence-corrected chi connectivity index (χ0v) is 19.0. The Hall–Kier alpha value is -3.71. The number of rotatable bonds is 7. The molecule has 0 aromatic heterocycles. The van der Waals surface area contributed by atoms with Crippen LogP contribution in [0.3, 0.4) is 0 Å². The molecule has 0 fully saturated rings. The van der Waals surface area contributed by atoms with Crippen LogP contribution in [0.1, 0.15) is 42.0 Å². The number of aryl methyl sites for hydroxylation is 1. The molecule has 1 nitrogen and oxygen atoms in total. The van der Waals surface area contributed by atoms with Crippen LogP contribution in [-0.4, -0.2) is 6.61 Å². The number of hydrogen-bond acceptors (Lipinski definition) is 1. The number of hydrogen-bond donors (Lipinski definition) is 0. The van der Waals surface area contributed by atoms with Crippen LogP contribution in [0.4, 0.5) is 13.2 Å². The van der Waals surface area contributed by atoms with Crippen LogP contribution in [0.2, 0.25) is 0 Å². The number of ether oxygens (including phenoxy) is 1. The molecule has 0 spiro atoms. The second kappa shape index (κ2) is 10.9. The van der Waals surface area contributed by atoms with E-state index in [4.69, 9.17) is 4.74 Å². The summed E-state index contributed by atoms with van der Waals surface area (Å²) in [4.78, 5) is 0. The fourth-order valence-corrected chi connectivity index (χ4v) is 3.70. The summed E-state index contributed by atoms with van der Waals surface area (Å²) in [7, 11) is 0. The maximum atomic E-state index is 14.4. The third kappa shape index (κ3) is 5.99. The van der Waals surface area contributed by atoms with Gasteiger partial charge in [0, 0.05) is 28.8 Å². The SMILES string of the molecule is CCCCOc1cc(F)c(CCc2ccc(C#Cc3ccc4cc(F)ccc4c3)cc2)c(F)c1. The Morgan fingerprint density at radius 1 is 0.706 bits per heavy atom. The quantitative estimate of drug-likeness (QED) is 0.204. The van der Waals surface area contributed by atoms with Gasteiger partial charge >= 0.3 is 0 Å². The first-order chi connectivity index (χ1) is 16.5. The van der Waals surface area contributed by atoms with Crippen LogP contribution < -0.4 is 4.74 Å². The van der Waals surface area contributed by atoms with Crippen molar-refractivity contribution < 1.29 is 17.9 Å². The molecule has 0 atom stereocenters. The van der Waals surface area contributed by atoms with E-state index in [1.807, 2.05) is 49.4 Å². The Kier molecular flexibility index (Phi) is 7.54. The molecule has 4 aromatic rings. The van der Waals surface area contributed by atoms with E-state index >= 15 is 0 Å². The van der Waals surface area contributed by atoms with Crippen LogP contribution in [0.15, 0.2) is 72.8 Å². The number of halogens is 3. The van der Waals surface area contributed by atoms with Gasteiger partial charge in [0.15, 0.2) is 0 Å². The Morgan fingerprint density at radius 2 is 1.35 bits per heavy atom. The monoisotopic (exact) mass is 458 g/mol. The summed E-state index contributed by atoms with van der Waals surface area (Å²) in [6.07, 6.45) is 2.57. The zero-order valence-electron chi connectivity index (χ0n) is 19.0. The van der Waals surface area contributed by atoms with Crippen molar-refractivity contribution in [3.63, 3.8) is 0 Å². The summed E-state index contributed by atoms with van der Waals surface area (Å²) in [5.74, 6) is 5.07. The first kappa shape index (κ1) is 23.4. The molecule has 172 valence electrons. The number of fused-ring (bicyclic) bond motifs is 1. The largest absolute Gasteiger partial charge is 0.493 e. The molecule has 0 saturated carbocycles. The summed E-state index contributed by atoms with van der Waals surface area (Å²) < 4.78 is 47.6. The third-order valence-electron chi connectivity index (χ3n) is 5.65. The Morgan fingerprint density at radius 3 is 2.09 bits per heavy atom. The van der Waals surface area contributed by atoms with E-state index in [0.717, 1.165) is 40.3 Å². The molecule has 4 heteroatoms. The van der Waals surface area contributed by atoms with E-state index in [1.165, 1.54) is 24.3 Å². The Labute approximate surface area is 198 Å². The van der Waals surface area contributed by atoms with Gasteiger partial charge in [-0.25, -0.2) is 13.2 Å². The molecule has 0 radical (unpaired) electrons. The second-order valence-electron chi connectivity index (χ2n) is 8.22. The molecule has 34 heavy (non-hydrogen) atoms. The molecule has 0 unspecified atom stereocenters. The van der Waals surface area contributed by atoms with Gasteiger partial charge in [-0.05, 0) is 72.0 Å². The molecule has 0 amide bonds. The smallest absolute Gasteiger partial charge is 0.133 e. The van der Waals surface area contributed by atoms with Crippen molar-refractivity contribution in [1.82, 2.24) is 0 Å². The van der Waals surface area contributed by atoms with Gasteiger partial charge in [-0.3, -0.25) is 0 Å². The lowest BCUT2D eigenvalue weighted by Gasteiger charge is -2.10. The molecule has 4 aromatic carbocycles. The van der Waals surface area contributed by atoms with E-state index in [2.05, 4.69) is 11.8 Å². The molecule has 0 N–H and O–H groups in total. The molecule has 0 bridgehead atoms. The minimum atomic E-state index is -0.577. The van der Waals surface area contributed by atoms with Gasteiger partial charge in [-0.2, -0.15) is 0 Å². The number of unbranched alkanes of at least 4 members (excludes halogenated alkanes) is 1. The van der Waals surface area contributed by atoms with Gasteiger partial charge in [0.05, 0.1) is 6.61 Å². The molecule has 0 saturated heterocycles. The highest BCUT2D eigenvalue weighted by Crippen LogP contribution is 2.23. The average Bonchev–Trinajstić information content (AvgIpc) is 2.83. The predicted molar refractivity (Wildman–Crippen MR) is 130 cm³/mol. The standard InChI is InChI=1S/C30H25F3O/c1-2-3-16-34-27-19-29(32)28(30(33)20-27)15-11-22-6-4-21(5-7-22)8-9-23-10-12-25-18-26(31)14-13-24(25)17-23/h4-7,10,12-14,17-20H,2-3,11,15-16H2,1H3. The van der Waals surface area contributed by atoms with Crippen LogP contribution in [0.25, 0.3) is 10.8 Å². The van der Waals surface area contributed by atoms with Gasteiger partial charge in [0.1, 0.15) is 23.2 Å². The van der Waals surface area contributed by atoms with Crippen molar-refractivity contribution in [3.8, 4) is 17.6 Å². The molecular formula is C30H25F3O. The minimum absolute atomic E-state index is 0.0721. The Balaban J connectivity index is 1.39. The highest BCUT2D eigenvalue weighted by molar-refractivity contribution is 5.84. The van der Waals surface area contributed by atoms with E-state index in [-0.39, 0.29) is 23.6 Å². The van der Waals surface area contributed by atoms with Crippen molar-refractivity contribution in [3.05, 3.63) is 113 Å². The molecule has 4 rings (SSSR count). The van der Waals surface area contributed by atoms with Crippen molar-refractivity contribution in [1.29, 1.82) is 0 Å². The topological polar surface area (TPSA) is 9.23 Å². The number of benzene rings is 4. The zero-order chi connectivity index (χ0) is 23.9. The molecule has 0 aliphatic carbocycles. The van der Waals surface area contributed by atoms with E-state index in [9.17, 15) is 13.2 Å². The first-order valence-electron chi connectivity index (χ1n) is 11.4. The van der Waals surface area contributed by atoms with Gasteiger partial charge in [-0.1, -0.05) is 49.5 Å². The summed E-state index contributed by atoms with van der Waals surface area (Å²) in [5.41, 5.74) is 2.73. The van der Waals surface area contributed by atoms with Gasteiger partial charge < -0.3 is 4.74 Å². The summed E-state index contributed by atoms with van der Waals surface area (Å²) >= 11 is 0. The molecule has 0 aliphatic heterocycles. The third-order valence-corrected chi connectivity index (χ3v) is 5.65. The Bertz CT molecular complexity index is 1320. The van der Waals surface area contributed by atoms with Crippen molar-refractivity contribution in [2.24, 2.45) is 0 Å². The van der Waals surface area contributed by atoms with Crippen molar-refractivity contribution >= 4 is 10.8 Å². The van der Waals surface area contributed by atoms with Gasteiger partial charge in [-0.15, -0.1) is 0 Å². The van der Waals surface area contributed by atoms with Crippen molar-refractivity contribution in [2.75, 3.05) is 6.61 Å². The first-order valence-corrected chi connectivity index (χ1v) is 11.4. The lowest BCUT2D eigenvalue weighted by Crippen LogP contribution is -2.02. The maximum Gasteiger partial charge on any atom is 0.133 e. The van der Waals surface area contributed by atoms with Crippen LogP contribution in [-0.2, 0) is 12.8 Å². The van der Waals surface area contributed by atoms with Gasteiger partial charge in [0.25, 0.3) is 0 Å². The second-order valence-corrected chi connectivity index (χ2v) is 8.22. The van der Waals surface area contributed by atoms with E-state index in [0.29, 0.717) is 13.0 Å². The molecule has 0 aliphatic rings. The highest BCUT2D eigenvalue weighted by atomic mass is 19.1. The maximum absolute atomic E-state index is 14.4. The minimum Gasteiger partial charge on any atom is -0.493 e. The summed E-state index contributed by atoms with van der Waals surface area (Å²) in [6.45, 7) is 2.48. The lowest BCUT2D eigenvalue weighted by molar-refractivity contribution is 0.305. The average molecular weight is 459 g/mol. The van der Waals surface area contributed by atoms with Crippen molar-refractivity contribution in [2.45, 2.75) is 32.6 Å².